The van der Waals surface area contributed by atoms with Gasteiger partial charge in [0.05, 0.1) is 0 Å². The van der Waals surface area contributed by atoms with E-state index >= 15 is 0 Å². The normalized spacial score (nSPS) is 25.4. The Hall–Kier alpha value is -3.49. The Morgan fingerprint density at radius 3 is 2.43 bits per heavy atom. The van der Waals surface area contributed by atoms with Crippen LogP contribution >= 0.6 is 0 Å². The highest BCUT2D eigenvalue weighted by Gasteiger charge is 2.38. The van der Waals surface area contributed by atoms with Crippen molar-refractivity contribution in [3.05, 3.63) is 48.0 Å². The molecule has 2 saturated heterocycles. The molecular formula is C28H38N4O5. The Kier molecular flexibility index (Phi) is 10.4. The Bertz CT molecular complexity index is 1010. The van der Waals surface area contributed by atoms with Gasteiger partial charge in [0.2, 0.25) is 23.6 Å². The number of piperidine rings is 1. The van der Waals surface area contributed by atoms with E-state index in [1.807, 2.05) is 30.3 Å². The summed E-state index contributed by atoms with van der Waals surface area (Å²) in [4.78, 5) is 66.2. The maximum Gasteiger partial charge on any atom is 0.246 e. The Labute approximate surface area is 218 Å². The van der Waals surface area contributed by atoms with Crippen LogP contribution in [-0.2, 0) is 30.4 Å². The minimum atomic E-state index is -0.892. The number of benzene rings is 1. The molecule has 0 radical (unpaired) electrons. The van der Waals surface area contributed by atoms with Crippen LogP contribution in [0.15, 0.2) is 42.5 Å². The second-order valence-electron chi connectivity index (χ2n) is 9.74. The molecule has 2 aliphatic heterocycles. The van der Waals surface area contributed by atoms with Crippen LogP contribution in [0.2, 0.25) is 0 Å². The molecule has 4 amide bonds. The lowest BCUT2D eigenvalue weighted by Gasteiger charge is -2.38. The summed E-state index contributed by atoms with van der Waals surface area (Å²) in [6.45, 7) is 3.77. The van der Waals surface area contributed by atoms with Crippen molar-refractivity contribution in [3.8, 4) is 0 Å². The summed E-state index contributed by atoms with van der Waals surface area (Å²) < 4.78 is 0. The number of rotatable bonds is 8. The van der Waals surface area contributed by atoms with Crippen LogP contribution in [0.3, 0.4) is 0 Å². The smallest absolute Gasteiger partial charge is 0.246 e. The fraction of sp³-hybridized carbons (Fsp3) is 0.536. The van der Waals surface area contributed by atoms with Crippen LogP contribution in [0.25, 0.3) is 0 Å². The van der Waals surface area contributed by atoms with Crippen molar-refractivity contribution in [1.29, 1.82) is 0 Å². The fourth-order valence-corrected chi connectivity index (χ4v) is 4.70. The van der Waals surface area contributed by atoms with Crippen LogP contribution in [0, 0.1) is 0 Å². The van der Waals surface area contributed by atoms with Crippen LogP contribution in [0.5, 0.6) is 0 Å². The first-order chi connectivity index (χ1) is 17.8. The molecule has 9 nitrogen and oxygen atoms in total. The third-order valence-electron chi connectivity index (χ3n) is 6.89. The number of hydrogen-bond acceptors (Lipinski definition) is 5. The van der Waals surface area contributed by atoms with Gasteiger partial charge in [0.25, 0.3) is 0 Å². The van der Waals surface area contributed by atoms with E-state index in [1.54, 1.807) is 24.8 Å². The number of fused-ring (bicyclic) bond motifs is 1. The Morgan fingerprint density at radius 1 is 0.973 bits per heavy atom. The summed E-state index contributed by atoms with van der Waals surface area (Å²) in [5.74, 6) is -1.52. The lowest BCUT2D eigenvalue weighted by molar-refractivity contribution is -0.146. The molecule has 9 heteroatoms. The maximum atomic E-state index is 13.7. The quantitative estimate of drug-likeness (QED) is 0.363. The van der Waals surface area contributed by atoms with Gasteiger partial charge in [-0.2, -0.15) is 0 Å². The van der Waals surface area contributed by atoms with Gasteiger partial charge in [-0.15, -0.1) is 0 Å². The molecule has 2 heterocycles. The van der Waals surface area contributed by atoms with Crippen molar-refractivity contribution in [2.45, 2.75) is 89.4 Å². The molecule has 0 bridgehead atoms. The maximum absolute atomic E-state index is 13.7. The third kappa shape index (κ3) is 8.00. The minimum Gasteiger partial charge on any atom is -0.343 e. The molecule has 2 aliphatic rings. The summed E-state index contributed by atoms with van der Waals surface area (Å²) in [6.07, 6.45) is 7.56. The van der Waals surface area contributed by atoms with Gasteiger partial charge in [0.15, 0.2) is 5.78 Å². The van der Waals surface area contributed by atoms with E-state index in [1.165, 1.54) is 6.08 Å². The molecule has 1 aromatic rings. The van der Waals surface area contributed by atoms with Crippen molar-refractivity contribution in [2.75, 3.05) is 6.54 Å². The molecule has 0 aliphatic carbocycles. The van der Waals surface area contributed by atoms with Gasteiger partial charge in [0, 0.05) is 19.4 Å². The number of ketones is 1. The van der Waals surface area contributed by atoms with Gasteiger partial charge < -0.3 is 20.9 Å². The molecule has 200 valence electrons. The average Bonchev–Trinajstić information content (AvgIpc) is 2.91. The van der Waals surface area contributed by atoms with E-state index in [0.29, 0.717) is 38.6 Å². The second-order valence-corrected chi connectivity index (χ2v) is 9.74. The van der Waals surface area contributed by atoms with E-state index in [9.17, 15) is 24.0 Å². The van der Waals surface area contributed by atoms with Crippen LogP contribution < -0.4 is 16.0 Å². The second kappa shape index (κ2) is 13.7. The number of nitrogens with zero attached hydrogens (tertiary/aromatic N) is 1. The number of hydrogen-bond donors (Lipinski definition) is 3. The molecule has 4 atom stereocenters. The van der Waals surface area contributed by atoms with Crippen LogP contribution in [0.4, 0.5) is 0 Å². The lowest BCUT2D eigenvalue weighted by atomic mass is 9.97. The third-order valence-corrected chi connectivity index (χ3v) is 6.89. The molecule has 0 aromatic heterocycles. The zero-order valence-electron chi connectivity index (χ0n) is 21.7. The number of carbonyl (C=O) groups excluding carboxylic acids is 5. The first-order valence-corrected chi connectivity index (χ1v) is 13.2. The molecule has 2 fully saturated rings. The molecule has 0 spiro atoms. The summed E-state index contributed by atoms with van der Waals surface area (Å²) >= 11 is 0. The van der Waals surface area contributed by atoms with E-state index in [-0.39, 0.29) is 24.0 Å². The summed E-state index contributed by atoms with van der Waals surface area (Å²) in [5, 5.41) is 8.37. The van der Waals surface area contributed by atoms with Crippen molar-refractivity contribution >= 4 is 29.4 Å². The number of carbonyl (C=O) groups is 5. The summed E-state index contributed by atoms with van der Waals surface area (Å²) in [6, 6.07) is 6.10. The number of unbranched alkanes of at least 4 members (excludes halogenated alkanes) is 1. The predicted molar refractivity (Wildman–Crippen MR) is 139 cm³/mol. The predicted octanol–water partition coefficient (Wildman–Crippen LogP) is 1.80. The van der Waals surface area contributed by atoms with Gasteiger partial charge in [-0.25, -0.2) is 0 Å². The average molecular weight is 511 g/mol. The molecular weight excluding hydrogens is 472 g/mol. The molecule has 3 N–H and O–H groups in total. The van der Waals surface area contributed by atoms with Crippen LogP contribution in [0.1, 0.15) is 64.4 Å². The Balaban J connectivity index is 1.81. The highest BCUT2D eigenvalue weighted by molar-refractivity contribution is 5.97. The topological polar surface area (TPSA) is 125 Å². The minimum absolute atomic E-state index is 0.0320. The molecule has 0 saturated carbocycles. The lowest BCUT2D eigenvalue weighted by Crippen LogP contribution is -2.63. The molecule has 3 rings (SSSR count). The standard InChI is InChI=1S/C28H38N4O5/c1-3-21(33)14-8-5-9-15-22-26(35)29-19(2)25(34)31-23(18-20-12-6-4-7-13-20)28(37)32-17-11-10-16-24(32)27(36)30-22/h4,6-8,12-14,19,22-24H,3,5,9-11,15-18H2,1-2H3,(H,29,35)(H,30,36)(H,31,34)/b14-8+/t19-,22+,23+,24-/m1/s1. The SMILES string of the molecule is CCC(=O)/C=C/CCC[C@@H]1NC(=O)[C@H]2CCCCN2C(=O)[C@H](Cc2ccccc2)NC(=O)[C@@H](C)NC1=O. The van der Waals surface area contributed by atoms with Crippen molar-refractivity contribution in [1.82, 2.24) is 20.9 Å². The largest absolute Gasteiger partial charge is 0.343 e. The summed E-state index contributed by atoms with van der Waals surface area (Å²) in [7, 11) is 0. The Morgan fingerprint density at radius 2 is 1.70 bits per heavy atom. The molecule has 1 aromatic carbocycles. The zero-order valence-corrected chi connectivity index (χ0v) is 21.7. The highest BCUT2D eigenvalue weighted by atomic mass is 16.2. The van der Waals surface area contributed by atoms with Crippen molar-refractivity contribution < 1.29 is 24.0 Å². The van der Waals surface area contributed by atoms with E-state index < -0.39 is 36.0 Å². The van der Waals surface area contributed by atoms with Crippen molar-refractivity contribution in [2.24, 2.45) is 0 Å². The first kappa shape index (κ1) is 28.1. The number of allylic oxidation sites excluding steroid dienone is 2. The van der Waals surface area contributed by atoms with Gasteiger partial charge in [-0.3, -0.25) is 24.0 Å². The fourth-order valence-electron chi connectivity index (χ4n) is 4.70. The van der Waals surface area contributed by atoms with E-state index in [2.05, 4.69) is 16.0 Å². The van der Waals surface area contributed by atoms with Gasteiger partial charge in [0.1, 0.15) is 24.2 Å². The van der Waals surface area contributed by atoms with Crippen LogP contribution in [-0.4, -0.2) is 65.0 Å². The first-order valence-electron chi connectivity index (χ1n) is 13.2. The van der Waals surface area contributed by atoms with Crippen molar-refractivity contribution in [3.63, 3.8) is 0 Å². The number of nitrogens with one attached hydrogen (secondary N) is 3. The highest BCUT2D eigenvalue weighted by Crippen LogP contribution is 2.20. The van der Waals surface area contributed by atoms with Gasteiger partial charge >= 0.3 is 0 Å². The summed E-state index contributed by atoms with van der Waals surface area (Å²) in [5.41, 5.74) is 0.887. The van der Waals surface area contributed by atoms with E-state index in [4.69, 9.17) is 0 Å². The van der Waals surface area contributed by atoms with E-state index in [0.717, 1.165) is 18.4 Å². The number of amides is 4. The zero-order chi connectivity index (χ0) is 26.8. The monoisotopic (exact) mass is 510 g/mol. The molecule has 0 unspecified atom stereocenters. The van der Waals surface area contributed by atoms with Gasteiger partial charge in [-0.05, 0) is 57.1 Å². The van der Waals surface area contributed by atoms with Gasteiger partial charge in [-0.1, -0.05) is 43.3 Å². The molecule has 37 heavy (non-hydrogen) atoms.